The predicted molar refractivity (Wildman–Crippen MR) is 157 cm³/mol. The number of amides is 1. The van der Waals surface area contributed by atoms with E-state index in [4.69, 9.17) is 14.7 Å². The number of aryl methyl sites for hydroxylation is 1. The summed E-state index contributed by atoms with van der Waals surface area (Å²) in [6, 6.07) is 6.60. The van der Waals surface area contributed by atoms with Crippen molar-refractivity contribution in [1.82, 2.24) is 30.0 Å². The molecule has 1 amide bonds. The number of nitriles is 1. The van der Waals surface area contributed by atoms with Crippen molar-refractivity contribution in [3.63, 3.8) is 0 Å². The number of piperazine rings is 1. The van der Waals surface area contributed by atoms with Crippen LogP contribution < -0.4 is 14.5 Å². The van der Waals surface area contributed by atoms with Gasteiger partial charge in [0.15, 0.2) is 0 Å². The molecule has 0 radical (unpaired) electrons. The number of ether oxygens (including phenoxy) is 1. The second kappa shape index (κ2) is 10.7. The number of hydrogen-bond donors (Lipinski definition) is 1. The molecular weight excluding hydrogens is 518 g/mol. The average Bonchev–Trinajstić information content (AvgIpc) is 3.64. The fourth-order valence-corrected chi connectivity index (χ4v) is 6.24. The highest BCUT2D eigenvalue weighted by atomic mass is 16.5. The van der Waals surface area contributed by atoms with Gasteiger partial charge in [-0.25, -0.2) is 0 Å². The Morgan fingerprint density at radius 1 is 1.27 bits per heavy atom. The van der Waals surface area contributed by atoms with Gasteiger partial charge in [0.2, 0.25) is 5.91 Å². The van der Waals surface area contributed by atoms with E-state index in [-0.39, 0.29) is 23.9 Å². The summed E-state index contributed by atoms with van der Waals surface area (Å²) in [7, 11) is 4.18. The fraction of sp³-hybridized carbons (Fsp3) is 0.500. The molecule has 0 unspecified atom stereocenters. The molecule has 3 aliphatic rings. The minimum Gasteiger partial charge on any atom is -0.461 e. The SMILES string of the molecule is C=CC(=O)N1CCN(c2nc(OCC3(N(C)C)CC3)nc3c2CCN(c2c(C)ccc4[nH]ncc24)C3)C[C@@H]1CC#N. The van der Waals surface area contributed by atoms with Crippen molar-refractivity contribution in [3.8, 4) is 12.1 Å². The predicted octanol–water partition coefficient (Wildman–Crippen LogP) is 2.81. The highest BCUT2D eigenvalue weighted by Gasteiger charge is 2.46. The highest BCUT2D eigenvalue weighted by molar-refractivity contribution is 5.93. The summed E-state index contributed by atoms with van der Waals surface area (Å²) in [5.74, 6) is 0.711. The molecule has 11 nitrogen and oxygen atoms in total. The Kier molecular flexibility index (Phi) is 7.03. The van der Waals surface area contributed by atoms with Gasteiger partial charge in [-0.1, -0.05) is 12.6 Å². The third kappa shape index (κ3) is 4.97. The summed E-state index contributed by atoms with van der Waals surface area (Å²) in [5.41, 5.74) is 5.47. The summed E-state index contributed by atoms with van der Waals surface area (Å²) in [6.07, 6.45) is 6.43. The number of nitrogens with one attached hydrogen (secondary N) is 1. The van der Waals surface area contributed by atoms with Crippen LogP contribution in [0.5, 0.6) is 6.01 Å². The van der Waals surface area contributed by atoms with E-state index in [9.17, 15) is 10.1 Å². The number of carbonyl (C=O) groups excluding carboxylic acids is 1. The number of anilines is 2. The van der Waals surface area contributed by atoms with Crippen molar-refractivity contribution in [3.05, 3.63) is 47.8 Å². The number of fused-ring (bicyclic) bond motifs is 2. The number of hydrogen-bond acceptors (Lipinski definition) is 9. The normalized spacial score (nSPS) is 19.7. The van der Waals surface area contributed by atoms with E-state index in [1.54, 1.807) is 4.90 Å². The highest BCUT2D eigenvalue weighted by Crippen LogP contribution is 2.41. The van der Waals surface area contributed by atoms with Gasteiger partial charge < -0.3 is 24.3 Å². The van der Waals surface area contributed by atoms with Crippen LogP contribution in [0.2, 0.25) is 0 Å². The first-order chi connectivity index (χ1) is 19.8. The van der Waals surface area contributed by atoms with Gasteiger partial charge in [-0.2, -0.15) is 20.3 Å². The Morgan fingerprint density at radius 2 is 2.10 bits per heavy atom. The van der Waals surface area contributed by atoms with Crippen LogP contribution in [0, 0.1) is 18.3 Å². The summed E-state index contributed by atoms with van der Waals surface area (Å²) < 4.78 is 6.31. The number of rotatable bonds is 8. The van der Waals surface area contributed by atoms with Gasteiger partial charge in [0.05, 0.1) is 53.7 Å². The van der Waals surface area contributed by atoms with Crippen molar-refractivity contribution < 1.29 is 9.53 Å². The quantitative estimate of drug-likeness (QED) is 0.419. The van der Waals surface area contributed by atoms with Crippen LogP contribution in [-0.2, 0) is 17.8 Å². The maximum Gasteiger partial charge on any atom is 0.318 e. The zero-order valence-electron chi connectivity index (χ0n) is 24.1. The summed E-state index contributed by atoms with van der Waals surface area (Å²) in [5, 5.41) is 18.0. The molecule has 0 bridgehead atoms. The van der Waals surface area contributed by atoms with Crippen LogP contribution in [-0.4, -0.2) is 94.3 Å². The van der Waals surface area contributed by atoms with Gasteiger partial charge in [0.1, 0.15) is 12.4 Å². The van der Waals surface area contributed by atoms with Crippen LogP contribution in [0.25, 0.3) is 10.9 Å². The standard InChI is InChI=1S/C30H37N9O2/c1-5-26(40)39-15-14-38(17-21(39)8-12-31)28-22-9-13-37(27-20(2)6-7-24-23(27)16-32-35-24)18-25(22)33-29(34-28)41-19-30(10-11-30)36(3)4/h5-7,16,21H,1,8-11,13-15,17-19H2,2-4H3,(H,32,35)/t21-/m0/s1. The Balaban J connectivity index is 1.35. The second-order valence-corrected chi connectivity index (χ2v) is 11.6. The monoisotopic (exact) mass is 555 g/mol. The maximum atomic E-state index is 12.5. The minimum absolute atomic E-state index is 0.0358. The molecule has 1 aliphatic carbocycles. The first kappa shape index (κ1) is 27.0. The van der Waals surface area contributed by atoms with E-state index in [1.165, 1.54) is 17.3 Å². The van der Waals surface area contributed by atoms with Gasteiger partial charge in [-0.15, -0.1) is 0 Å². The van der Waals surface area contributed by atoms with Crippen LogP contribution in [0.4, 0.5) is 11.5 Å². The van der Waals surface area contributed by atoms with Crippen LogP contribution in [0.1, 0.15) is 36.1 Å². The number of likely N-dealkylation sites (N-methyl/N-ethyl adjacent to an activating group) is 1. The fourth-order valence-electron chi connectivity index (χ4n) is 6.24. The lowest BCUT2D eigenvalue weighted by Gasteiger charge is -2.42. The van der Waals surface area contributed by atoms with Crippen molar-refractivity contribution >= 4 is 28.3 Å². The van der Waals surface area contributed by atoms with Crippen LogP contribution >= 0.6 is 0 Å². The molecule has 41 heavy (non-hydrogen) atoms. The molecule has 4 heterocycles. The molecule has 1 saturated heterocycles. The third-order valence-electron chi connectivity index (χ3n) is 8.95. The van der Waals surface area contributed by atoms with Gasteiger partial charge in [-0.05, 0) is 58.0 Å². The van der Waals surface area contributed by atoms with E-state index >= 15 is 0 Å². The molecule has 6 rings (SSSR count). The van der Waals surface area contributed by atoms with Crippen LogP contribution in [0.3, 0.4) is 0 Å². The molecular formula is C30H37N9O2. The molecule has 0 spiro atoms. The average molecular weight is 556 g/mol. The lowest BCUT2D eigenvalue weighted by Crippen LogP contribution is -2.55. The van der Waals surface area contributed by atoms with E-state index in [0.29, 0.717) is 38.8 Å². The smallest absolute Gasteiger partial charge is 0.318 e. The Labute approximate surface area is 240 Å². The second-order valence-electron chi connectivity index (χ2n) is 11.6. The molecule has 2 aromatic heterocycles. The Bertz CT molecular complexity index is 1520. The van der Waals surface area contributed by atoms with E-state index in [1.807, 2.05) is 6.20 Å². The van der Waals surface area contributed by atoms with Gasteiger partial charge >= 0.3 is 6.01 Å². The van der Waals surface area contributed by atoms with Crippen molar-refractivity contribution in [1.29, 1.82) is 5.26 Å². The Morgan fingerprint density at radius 3 is 2.83 bits per heavy atom. The number of benzene rings is 1. The minimum atomic E-state index is -0.237. The topological polar surface area (TPSA) is 118 Å². The summed E-state index contributed by atoms with van der Waals surface area (Å²) in [4.78, 5) is 31.0. The summed E-state index contributed by atoms with van der Waals surface area (Å²) in [6.45, 7) is 9.40. The molecule has 1 saturated carbocycles. The first-order valence-corrected chi connectivity index (χ1v) is 14.3. The lowest BCUT2D eigenvalue weighted by molar-refractivity contribution is -0.128. The molecule has 2 aliphatic heterocycles. The molecule has 214 valence electrons. The molecule has 2 fully saturated rings. The molecule has 11 heteroatoms. The van der Waals surface area contributed by atoms with E-state index in [0.717, 1.165) is 53.8 Å². The molecule has 1 atom stereocenters. The van der Waals surface area contributed by atoms with Gasteiger partial charge in [0, 0.05) is 37.1 Å². The number of aromatic amines is 1. The maximum absolute atomic E-state index is 12.5. The van der Waals surface area contributed by atoms with Crippen LogP contribution in [0.15, 0.2) is 31.0 Å². The number of H-pyrrole nitrogens is 1. The number of nitrogens with zero attached hydrogens (tertiary/aromatic N) is 8. The first-order valence-electron chi connectivity index (χ1n) is 14.3. The van der Waals surface area contributed by atoms with Gasteiger partial charge in [-0.3, -0.25) is 9.89 Å². The number of carbonyl (C=O) groups is 1. The molecule has 3 aromatic rings. The van der Waals surface area contributed by atoms with E-state index in [2.05, 4.69) is 70.7 Å². The van der Waals surface area contributed by atoms with Crippen molar-refractivity contribution in [2.75, 3.05) is 56.7 Å². The van der Waals surface area contributed by atoms with Crippen molar-refractivity contribution in [2.24, 2.45) is 0 Å². The zero-order chi connectivity index (χ0) is 28.7. The third-order valence-corrected chi connectivity index (χ3v) is 8.95. The van der Waals surface area contributed by atoms with Crippen molar-refractivity contribution in [2.45, 2.75) is 50.7 Å². The Hall–Kier alpha value is -4.17. The molecule has 1 aromatic carbocycles. The number of aromatic nitrogens is 4. The van der Waals surface area contributed by atoms with E-state index < -0.39 is 0 Å². The molecule has 1 N–H and O–H groups in total. The lowest BCUT2D eigenvalue weighted by atomic mass is 10.0. The largest absolute Gasteiger partial charge is 0.461 e. The summed E-state index contributed by atoms with van der Waals surface area (Å²) >= 11 is 0. The van der Waals surface area contributed by atoms with Gasteiger partial charge in [0.25, 0.3) is 0 Å². The zero-order valence-corrected chi connectivity index (χ0v) is 24.1.